The third kappa shape index (κ3) is 2.52. The van der Waals surface area contributed by atoms with Gasteiger partial charge in [-0.3, -0.25) is 14.3 Å². The lowest BCUT2D eigenvalue weighted by atomic mass is 10.1. The smallest absolute Gasteiger partial charge is 0.342 e. The van der Waals surface area contributed by atoms with Crippen molar-refractivity contribution in [3.05, 3.63) is 32.6 Å². The van der Waals surface area contributed by atoms with Gasteiger partial charge in [0.1, 0.15) is 5.56 Å². The van der Waals surface area contributed by atoms with Gasteiger partial charge >= 0.3 is 11.7 Å². The van der Waals surface area contributed by atoms with Crippen LogP contribution in [0.1, 0.15) is 36.5 Å². The molecule has 98 valence electrons. The fourth-order valence-electron chi connectivity index (χ4n) is 2.57. The number of aromatic nitrogens is 2. The summed E-state index contributed by atoms with van der Waals surface area (Å²) in [6, 6.07) is 0. The van der Waals surface area contributed by atoms with Crippen molar-refractivity contribution in [2.75, 3.05) is 0 Å². The quantitative estimate of drug-likeness (QED) is 0.827. The molecule has 1 heterocycles. The average molecular weight is 252 g/mol. The molecule has 0 amide bonds. The Balaban J connectivity index is 2.28. The van der Waals surface area contributed by atoms with E-state index < -0.39 is 17.2 Å². The molecule has 1 aromatic rings. The molecule has 1 aliphatic carbocycles. The van der Waals surface area contributed by atoms with Gasteiger partial charge in [0, 0.05) is 12.7 Å². The first-order chi connectivity index (χ1) is 8.47. The van der Waals surface area contributed by atoms with Crippen LogP contribution in [-0.4, -0.2) is 20.6 Å². The summed E-state index contributed by atoms with van der Waals surface area (Å²) in [5.41, 5.74) is -1.77. The van der Waals surface area contributed by atoms with Crippen LogP contribution < -0.4 is 11.2 Å². The normalized spacial score (nSPS) is 23.2. The van der Waals surface area contributed by atoms with Gasteiger partial charge in [-0.05, 0) is 24.7 Å². The average Bonchev–Trinajstić information content (AvgIpc) is 2.67. The number of nitrogens with one attached hydrogen (secondary N) is 1. The van der Waals surface area contributed by atoms with Crippen LogP contribution in [0.5, 0.6) is 0 Å². The lowest BCUT2D eigenvalue weighted by Crippen LogP contribution is -2.34. The Hall–Kier alpha value is -1.85. The molecule has 6 nitrogen and oxygen atoms in total. The predicted molar refractivity (Wildman–Crippen MR) is 64.8 cm³/mol. The molecule has 0 radical (unpaired) electrons. The zero-order valence-electron chi connectivity index (χ0n) is 10.2. The molecule has 0 saturated heterocycles. The van der Waals surface area contributed by atoms with Gasteiger partial charge in [0.25, 0.3) is 5.56 Å². The van der Waals surface area contributed by atoms with E-state index in [1.807, 2.05) is 4.98 Å². The third-order valence-electron chi connectivity index (χ3n) is 3.50. The van der Waals surface area contributed by atoms with Crippen LogP contribution >= 0.6 is 0 Å². The van der Waals surface area contributed by atoms with Crippen molar-refractivity contribution in [3.8, 4) is 0 Å². The van der Waals surface area contributed by atoms with Gasteiger partial charge in [-0.15, -0.1) is 0 Å². The summed E-state index contributed by atoms with van der Waals surface area (Å²) in [5, 5.41) is 8.85. The molecule has 2 N–H and O–H groups in total. The minimum atomic E-state index is -1.32. The summed E-state index contributed by atoms with van der Waals surface area (Å²) in [7, 11) is 0. The second kappa shape index (κ2) is 4.80. The first-order valence-corrected chi connectivity index (χ1v) is 6.04. The summed E-state index contributed by atoms with van der Waals surface area (Å²) >= 11 is 0. The Labute approximate surface area is 103 Å². The fourth-order valence-corrected chi connectivity index (χ4v) is 2.57. The minimum absolute atomic E-state index is 0.380. The number of hydrogen-bond acceptors (Lipinski definition) is 3. The van der Waals surface area contributed by atoms with Crippen molar-refractivity contribution in [3.63, 3.8) is 0 Å². The summed E-state index contributed by atoms with van der Waals surface area (Å²) in [6.45, 7) is 2.64. The monoisotopic (exact) mass is 252 g/mol. The molecule has 18 heavy (non-hydrogen) atoms. The Morgan fingerprint density at radius 3 is 2.78 bits per heavy atom. The van der Waals surface area contributed by atoms with Crippen molar-refractivity contribution < 1.29 is 9.90 Å². The highest BCUT2D eigenvalue weighted by Gasteiger charge is 2.22. The molecule has 0 aromatic carbocycles. The molecule has 0 aliphatic heterocycles. The van der Waals surface area contributed by atoms with Crippen molar-refractivity contribution in [2.24, 2.45) is 11.8 Å². The highest BCUT2D eigenvalue weighted by molar-refractivity contribution is 5.86. The number of rotatable bonds is 3. The predicted octanol–water partition coefficient (Wildman–Crippen LogP) is 0.671. The fraction of sp³-hybridized carbons (Fsp3) is 0.583. The van der Waals surface area contributed by atoms with E-state index in [9.17, 15) is 14.4 Å². The lowest BCUT2D eigenvalue weighted by molar-refractivity contribution is 0.0693. The molecule has 1 aromatic heterocycles. The van der Waals surface area contributed by atoms with Crippen LogP contribution in [0.4, 0.5) is 0 Å². The summed E-state index contributed by atoms with van der Waals surface area (Å²) in [6.07, 6.45) is 4.35. The first kappa shape index (κ1) is 12.6. The first-order valence-electron chi connectivity index (χ1n) is 6.04. The van der Waals surface area contributed by atoms with Crippen molar-refractivity contribution in [2.45, 2.75) is 32.7 Å². The molecule has 1 saturated carbocycles. The van der Waals surface area contributed by atoms with Crippen molar-refractivity contribution in [1.29, 1.82) is 0 Å². The van der Waals surface area contributed by atoms with Gasteiger partial charge in [-0.25, -0.2) is 9.59 Å². The summed E-state index contributed by atoms with van der Waals surface area (Å²) in [4.78, 5) is 35.8. The van der Waals surface area contributed by atoms with Gasteiger partial charge in [-0.2, -0.15) is 0 Å². The summed E-state index contributed by atoms with van der Waals surface area (Å²) in [5.74, 6) is -0.289. The van der Waals surface area contributed by atoms with Gasteiger partial charge in [-0.1, -0.05) is 13.3 Å². The molecular formula is C12H16N2O4. The molecular weight excluding hydrogens is 236 g/mol. The number of hydrogen-bond donors (Lipinski definition) is 2. The van der Waals surface area contributed by atoms with E-state index in [0.717, 1.165) is 25.5 Å². The molecule has 1 fully saturated rings. The maximum Gasteiger partial charge on any atom is 0.342 e. The Bertz CT molecular complexity index is 572. The van der Waals surface area contributed by atoms with E-state index in [4.69, 9.17) is 5.11 Å². The number of aromatic amines is 1. The molecule has 0 spiro atoms. The molecule has 2 unspecified atom stereocenters. The SMILES string of the molecule is CC1CCC(Cn2cc(C(=O)O)c(=O)[nH]c2=O)C1. The molecule has 2 atom stereocenters. The highest BCUT2D eigenvalue weighted by atomic mass is 16.4. The second-order valence-electron chi connectivity index (χ2n) is 5.04. The van der Waals surface area contributed by atoms with Crippen molar-refractivity contribution >= 4 is 5.97 Å². The Morgan fingerprint density at radius 2 is 2.22 bits per heavy atom. The van der Waals surface area contributed by atoms with Gasteiger partial charge in [0.15, 0.2) is 0 Å². The van der Waals surface area contributed by atoms with Gasteiger partial charge in [0.2, 0.25) is 0 Å². The van der Waals surface area contributed by atoms with E-state index in [2.05, 4.69) is 6.92 Å². The molecule has 0 bridgehead atoms. The van der Waals surface area contributed by atoms with Crippen molar-refractivity contribution in [1.82, 2.24) is 9.55 Å². The van der Waals surface area contributed by atoms with E-state index >= 15 is 0 Å². The van der Waals surface area contributed by atoms with Crippen LogP contribution in [0.2, 0.25) is 0 Å². The zero-order valence-corrected chi connectivity index (χ0v) is 10.2. The van der Waals surface area contributed by atoms with Crippen LogP contribution in [0.15, 0.2) is 15.8 Å². The van der Waals surface area contributed by atoms with E-state index in [-0.39, 0.29) is 5.56 Å². The summed E-state index contributed by atoms with van der Waals surface area (Å²) < 4.78 is 1.30. The molecule has 1 aliphatic rings. The van der Waals surface area contributed by atoms with E-state index in [1.54, 1.807) is 0 Å². The Morgan fingerprint density at radius 1 is 1.50 bits per heavy atom. The topological polar surface area (TPSA) is 92.2 Å². The number of nitrogens with zero attached hydrogens (tertiary/aromatic N) is 1. The number of carboxylic acid groups (broad SMARTS) is 1. The van der Waals surface area contributed by atoms with Gasteiger partial charge in [0.05, 0.1) is 0 Å². The standard InChI is InChI=1S/C12H16N2O4/c1-7-2-3-8(4-7)5-14-6-9(11(16)17)10(15)13-12(14)18/h6-8H,2-5H2,1H3,(H,16,17)(H,13,15,18). The van der Waals surface area contributed by atoms with E-state index in [1.165, 1.54) is 4.57 Å². The largest absolute Gasteiger partial charge is 0.477 e. The maximum atomic E-state index is 11.6. The maximum absolute atomic E-state index is 11.6. The van der Waals surface area contributed by atoms with Gasteiger partial charge < -0.3 is 5.11 Å². The van der Waals surface area contributed by atoms with Crippen LogP contribution in [0.3, 0.4) is 0 Å². The minimum Gasteiger partial charge on any atom is -0.477 e. The number of aromatic carboxylic acids is 1. The third-order valence-corrected chi connectivity index (χ3v) is 3.50. The molecule has 2 rings (SSSR count). The second-order valence-corrected chi connectivity index (χ2v) is 5.04. The van der Waals surface area contributed by atoms with Crippen LogP contribution in [0, 0.1) is 11.8 Å². The Kier molecular flexibility index (Phi) is 3.36. The number of carboxylic acids is 1. The van der Waals surface area contributed by atoms with E-state index in [0.29, 0.717) is 18.4 Å². The number of H-pyrrole nitrogens is 1. The lowest BCUT2D eigenvalue weighted by Gasteiger charge is -2.11. The highest BCUT2D eigenvalue weighted by Crippen LogP contribution is 2.30. The zero-order chi connectivity index (χ0) is 13.3. The van der Waals surface area contributed by atoms with Crippen LogP contribution in [-0.2, 0) is 6.54 Å². The van der Waals surface area contributed by atoms with Crippen LogP contribution in [0.25, 0.3) is 0 Å². The molecule has 6 heteroatoms. The number of carbonyl (C=O) groups is 1.